The second-order valence-corrected chi connectivity index (χ2v) is 6.08. The summed E-state index contributed by atoms with van der Waals surface area (Å²) < 4.78 is 7.87. The first-order chi connectivity index (χ1) is 12.8. The van der Waals surface area contributed by atoms with Crippen LogP contribution in [0, 0.1) is 6.92 Å². The van der Waals surface area contributed by atoms with Gasteiger partial charge < -0.3 is 19.9 Å². The number of ether oxygens (including phenoxy) is 1. The summed E-state index contributed by atoms with van der Waals surface area (Å²) in [6, 6.07) is 9.89. The van der Waals surface area contributed by atoms with Crippen molar-refractivity contribution < 1.29 is 4.74 Å². The average molecular weight is 358 g/mol. The van der Waals surface area contributed by atoms with E-state index in [1.165, 1.54) is 0 Å². The maximum absolute atomic E-state index is 5.69. The number of hydrogen-bond acceptors (Lipinski definition) is 3. The van der Waals surface area contributed by atoms with Gasteiger partial charge in [0.15, 0.2) is 5.96 Å². The Morgan fingerprint density at radius 1 is 1.15 bits per heavy atom. The molecule has 0 aliphatic carbocycles. The van der Waals surface area contributed by atoms with Crippen molar-refractivity contribution in [2.75, 3.05) is 26.2 Å². The lowest BCUT2D eigenvalue weighted by atomic mass is 10.3. The molecule has 2 aromatic rings. The molecule has 0 radical (unpaired) electrons. The van der Waals surface area contributed by atoms with Crippen molar-refractivity contribution in [2.45, 2.75) is 39.7 Å². The van der Waals surface area contributed by atoms with E-state index >= 15 is 0 Å². The molecule has 0 amide bonds. The van der Waals surface area contributed by atoms with Crippen molar-refractivity contribution in [3.63, 3.8) is 0 Å². The van der Waals surface area contributed by atoms with Crippen LogP contribution in [0.15, 0.2) is 47.7 Å². The topological polar surface area (TPSA) is 63.5 Å². The minimum Gasteiger partial charge on any atom is -0.494 e. The number of unbranched alkanes of at least 4 members (excludes halogenated alkanes) is 1. The van der Waals surface area contributed by atoms with Gasteiger partial charge in [0, 0.05) is 45.0 Å². The van der Waals surface area contributed by atoms with Crippen LogP contribution in [-0.2, 0) is 6.54 Å². The Morgan fingerprint density at radius 2 is 2.00 bits per heavy atom. The maximum Gasteiger partial charge on any atom is 0.191 e. The van der Waals surface area contributed by atoms with Crippen molar-refractivity contribution >= 4 is 5.96 Å². The highest BCUT2D eigenvalue weighted by atomic mass is 16.5. The number of aryl methyl sites for hydroxylation is 2. The molecule has 0 unspecified atom stereocenters. The quantitative estimate of drug-likeness (QED) is 0.369. The Balaban J connectivity index is 1.59. The van der Waals surface area contributed by atoms with E-state index in [4.69, 9.17) is 4.74 Å². The van der Waals surface area contributed by atoms with Crippen LogP contribution in [0.2, 0.25) is 0 Å². The molecule has 142 valence electrons. The van der Waals surface area contributed by atoms with Crippen LogP contribution in [-0.4, -0.2) is 41.8 Å². The molecule has 6 heteroatoms. The first-order valence-corrected chi connectivity index (χ1v) is 9.47. The van der Waals surface area contributed by atoms with Crippen molar-refractivity contribution in [1.29, 1.82) is 0 Å². The molecule has 0 fully saturated rings. The zero-order chi connectivity index (χ0) is 18.5. The van der Waals surface area contributed by atoms with E-state index in [1.54, 1.807) is 0 Å². The predicted octanol–water partition coefficient (Wildman–Crippen LogP) is 3.00. The molecule has 0 aliphatic heterocycles. The molecule has 0 saturated heterocycles. The van der Waals surface area contributed by atoms with Crippen molar-refractivity contribution in [3.8, 4) is 5.75 Å². The summed E-state index contributed by atoms with van der Waals surface area (Å²) in [6.07, 6.45) is 7.00. The second kappa shape index (κ2) is 12.0. The highest BCUT2D eigenvalue weighted by molar-refractivity contribution is 5.79. The van der Waals surface area contributed by atoms with E-state index in [0.29, 0.717) is 6.61 Å². The van der Waals surface area contributed by atoms with Gasteiger partial charge in [-0.3, -0.25) is 4.99 Å². The fourth-order valence-corrected chi connectivity index (χ4v) is 2.56. The molecule has 0 spiro atoms. The molecule has 0 aliphatic rings. The molecule has 2 rings (SSSR count). The zero-order valence-corrected chi connectivity index (χ0v) is 15.9. The van der Waals surface area contributed by atoms with Gasteiger partial charge in [-0.1, -0.05) is 18.2 Å². The molecular weight excluding hydrogens is 326 g/mol. The fourth-order valence-electron chi connectivity index (χ4n) is 2.56. The molecule has 1 aromatic heterocycles. The molecule has 0 saturated carbocycles. The third kappa shape index (κ3) is 7.59. The van der Waals surface area contributed by atoms with Gasteiger partial charge >= 0.3 is 0 Å². The standard InChI is InChI=1S/C20H31N5O/c1-3-21-20(23-12-7-8-15-25-16-14-22-18(25)2)24-13-9-17-26-19-10-5-4-6-11-19/h4-6,10-11,14,16H,3,7-9,12-13,15,17H2,1-2H3,(H2,21,23,24). The molecule has 0 bridgehead atoms. The number of imidazole rings is 1. The zero-order valence-electron chi connectivity index (χ0n) is 15.9. The van der Waals surface area contributed by atoms with Crippen LogP contribution in [0.1, 0.15) is 32.0 Å². The van der Waals surface area contributed by atoms with E-state index in [0.717, 1.165) is 63.0 Å². The van der Waals surface area contributed by atoms with Gasteiger partial charge in [0.2, 0.25) is 0 Å². The molecule has 6 nitrogen and oxygen atoms in total. The highest BCUT2D eigenvalue weighted by Crippen LogP contribution is 2.08. The van der Waals surface area contributed by atoms with Crippen LogP contribution in [0.5, 0.6) is 5.75 Å². The highest BCUT2D eigenvalue weighted by Gasteiger charge is 1.99. The van der Waals surface area contributed by atoms with Gasteiger partial charge in [-0.15, -0.1) is 0 Å². The summed E-state index contributed by atoms with van der Waals surface area (Å²) in [7, 11) is 0. The van der Waals surface area contributed by atoms with E-state index < -0.39 is 0 Å². The number of aromatic nitrogens is 2. The number of guanidine groups is 1. The largest absolute Gasteiger partial charge is 0.494 e. The summed E-state index contributed by atoms with van der Waals surface area (Å²) in [6.45, 7) is 8.33. The molecule has 26 heavy (non-hydrogen) atoms. The minimum atomic E-state index is 0.678. The lowest BCUT2D eigenvalue weighted by molar-refractivity contribution is 0.313. The van der Waals surface area contributed by atoms with E-state index in [9.17, 15) is 0 Å². The number of para-hydroxylation sites is 1. The normalized spacial score (nSPS) is 11.4. The van der Waals surface area contributed by atoms with Crippen LogP contribution in [0.4, 0.5) is 0 Å². The molecule has 1 heterocycles. The molecule has 1 aromatic carbocycles. The van der Waals surface area contributed by atoms with E-state index in [1.807, 2.05) is 49.6 Å². The van der Waals surface area contributed by atoms with Crippen LogP contribution < -0.4 is 15.4 Å². The number of nitrogens with zero attached hydrogens (tertiary/aromatic N) is 3. The Bertz CT molecular complexity index is 639. The lowest BCUT2D eigenvalue weighted by Crippen LogP contribution is -2.38. The first kappa shape index (κ1) is 19.8. The van der Waals surface area contributed by atoms with Crippen LogP contribution in [0.25, 0.3) is 0 Å². The summed E-state index contributed by atoms with van der Waals surface area (Å²) >= 11 is 0. The average Bonchev–Trinajstić information content (AvgIpc) is 3.07. The van der Waals surface area contributed by atoms with Gasteiger partial charge in [-0.2, -0.15) is 0 Å². The van der Waals surface area contributed by atoms with Gasteiger partial charge in [-0.25, -0.2) is 4.98 Å². The number of rotatable bonds is 11. The Morgan fingerprint density at radius 3 is 2.73 bits per heavy atom. The number of aliphatic imine (C=N–C) groups is 1. The first-order valence-electron chi connectivity index (χ1n) is 9.47. The molecule has 2 N–H and O–H groups in total. The fraction of sp³-hybridized carbons (Fsp3) is 0.500. The monoisotopic (exact) mass is 357 g/mol. The van der Waals surface area contributed by atoms with Gasteiger partial charge in [-0.05, 0) is 38.8 Å². The SMILES string of the molecule is CCNC(=NCCCOc1ccccc1)NCCCCn1ccnc1C. The van der Waals surface area contributed by atoms with Gasteiger partial charge in [0.05, 0.1) is 6.61 Å². The maximum atomic E-state index is 5.69. The van der Waals surface area contributed by atoms with Crippen molar-refractivity contribution in [2.24, 2.45) is 4.99 Å². The van der Waals surface area contributed by atoms with Crippen molar-refractivity contribution in [3.05, 3.63) is 48.5 Å². The number of hydrogen-bond donors (Lipinski definition) is 2. The Hall–Kier alpha value is -2.50. The smallest absolute Gasteiger partial charge is 0.191 e. The second-order valence-electron chi connectivity index (χ2n) is 6.08. The van der Waals surface area contributed by atoms with E-state index in [2.05, 4.69) is 32.1 Å². The minimum absolute atomic E-state index is 0.678. The third-order valence-electron chi connectivity index (χ3n) is 3.97. The molecular formula is C20H31N5O. The summed E-state index contributed by atoms with van der Waals surface area (Å²) in [5.74, 6) is 2.87. The summed E-state index contributed by atoms with van der Waals surface area (Å²) in [5.41, 5.74) is 0. The number of benzene rings is 1. The van der Waals surface area contributed by atoms with Gasteiger partial charge in [0.25, 0.3) is 0 Å². The van der Waals surface area contributed by atoms with E-state index in [-0.39, 0.29) is 0 Å². The third-order valence-corrected chi connectivity index (χ3v) is 3.97. The summed E-state index contributed by atoms with van der Waals surface area (Å²) in [4.78, 5) is 8.85. The van der Waals surface area contributed by atoms with Gasteiger partial charge in [0.1, 0.15) is 11.6 Å². The Kier molecular flexibility index (Phi) is 9.11. The van der Waals surface area contributed by atoms with Crippen LogP contribution >= 0.6 is 0 Å². The van der Waals surface area contributed by atoms with Crippen LogP contribution in [0.3, 0.4) is 0 Å². The lowest BCUT2D eigenvalue weighted by Gasteiger charge is -2.12. The predicted molar refractivity (Wildman–Crippen MR) is 107 cm³/mol. The number of nitrogens with one attached hydrogen (secondary N) is 2. The molecule has 0 atom stereocenters. The summed E-state index contributed by atoms with van der Waals surface area (Å²) in [5, 5.41) is 6.68. The Labute approximate surface area is 156 Å². The van der Waals surface area contributed by atoms with Crippen molar-refractivity contribution in [1.82, 2.24) is 20.2 Å².